The lowest BCUT2D eigenvalue weighted by atomic mass is 9.93. The van der Waals surface area contributed by atoms with Gasteiger partial charge in [0.1, 0.15) is 29.5 Å². The van der Waals surface area contributed by atoms with Crippen molar-refractivity contribution in [1.82, 2.24) is 0 Å². The summed E-state index contributed by atoms with van der Waals surface area (Å²) in [6.45, 7) is 8.71. The average Bonchev–Trinajstić information content (AvgIpc) is 2.64. The Bertz CT molecular complexity index is 799. The number of ether oxygens (including phenoxy) is 3. The highest BCUT2D eigenvalue weighted by Crippen LogP contribution is 2.36. The summed E-state index contributed by atoms with van der Waals surface area (Å²) in [4.78, 5) is 0. The largest absolute Gasteiger partial charge is 0.491 e. The van der Waals surface area contributed by atoms with E-state index < -0.39 is 5.60 Å². The van der Waals surface area contributed by atoms with Gasteiger partial charge < -0.3 is 14.2 Å². The molecular weight excluding hydrogens is 552 g/mol. The fourth-order valence-electron chi connectivity index (χ4n) is 2.60. The number of hydrogen-bond donors (Lipinski definition) is 0. The molecule has 0 aliphatic carbocycles. The van der Waals surface area contributed by atoms with E-state index in [0.29, 0.717) is 6.61 Å². The van der Waals surface area contributed by atoms with Gasteiger partial charge in [0.2, 0.25) is 0 Å². The predicted octanol–water partition coefficient (Wildman–Crippen LogP) is 7.95. The van der Waals surface area contributed by atoms with Gasteiger partial charge in [0.25, 0.3) is 0 Å². The summed E-state index contributed by atoms with van der Waals surface area (Å²) >= 11 is 10.3. The minimum Gasteiger partial charge on any atom is -0.491 e. The van der Waals surface area contributed by atoms with Crippen LogP contribution >= 0.6 is 47.8 Å². The van der Waals surface area contributed by atoms with Crippen LogP contribution in [-0.2, 0) is 5.60 Å². The second-order valence-corrected chi connectivity index (χ2v) is 10.4. The third-order valence-electron chi connectivity index (χ3n) is 4.23. The lowest BCUT2D eigenvalue weighted by Gasteiger charge is -2.31. The standard InChI is InChI=1S/C22H25Br3O3/c1-5-22(4,28-18-9-7-17(8-10-18)27-15(2)3)16-6-11-20(19(23)14-16)26-13-12-21(24)25/h6-12,14-15H,5,13H2,1-4H3. The highest BCUT2D eigenvalue weighted by atomic mass is 79.9. The predicted molar refractivity (Wildman–Crippen MR) is 126 cm³/mol. The molecule has 3 nitrogen and oxygen atoms in total. The molecule has 2 aromatic carbocycles. The number of benzene rings is 2. The Hall–Kier alpha value is -0.980. The molecule has 2 rings (SSSR count). The minimum atomic E-state index is -0.458. The molecule has 6 heteroatoms. The van der Waals surface area contributed by atoms with Crippen LogP contribution in [0.2, 0.25) is 0 Å². The molecule has 1 atom stereocenters. The maximum absolute atomic E-state index is 6.37. The van der Waals surface area contributed by atoms with Gasteiger partial charge in [-0.1, -0.05) is 13.0 Å². The van der Waals surface area contributed by atoms with Crippen molar-refractivity contribution >= 4 is 47.8 Å². The molecule has 1 unspecified atom stereocenters. The zero-order valence-electron chi connectivity index (χ0n) is 16.5. The van der Waals surface area contributed by atoms with E-state index >= 15 is 0 Å². The summed E-state index contributed by atoms with van der Waals surface area (Å²) in [7, 11) is 0. The number of hydrogen-bond acceptors (Lipinski definition) is 3. The van der Waals surface area contributed by atoms with E-state index in [1.165, 1.54) is 0 Å². The summed E-state index contributed by atoms with van der Waals surface area (Å²) < 4.78 is 19.6. The van der Waals surface area contributed by atoms with Crippen LogP contribution in [0.25, 0.3) is 0 Å². The summed E-state index contributed by atoms with van der Waals surface area (Å²) in [6.07, 6.45) is 2.87. The molecule has 0 amide bonds. The molecule has 0 aliphatic rings. The van der Waals surface area contributed by atoms with E-state index in [9.17, 15) is 0 Å². The van der Waals surface area contributed by atoms with Gasteiger partial charge in [-0.05, 0) is 123 Å². The molecule has 0 spiro atoms. The molecule has 0 heterocycles. The molecule has 2 aromatic rings. The maximum Gasteiger partial charge on any atom is 0.133 e. The zero-order chi connectivity index (χ0) is 20.7. The van der Waals surface area contributed by atoms with Gasteiger partial charge >= 0.3 is 0 Å². The van der Waals surface area contributed by atoms with Crippen LogP contribution in [0.3, 0.4) is 0 Å². The molecule has 0 radical (unpaired) electrons. The Kier molecular flexibility index (Phi) is 8.90. The summed E-state index contributed by atoms with van der Waals surface area (Å²) in [5.41, 5.74) is 0.620. The van der Waals surface area contributed by atoms with Gasteiger partial charge in [0.15, 0.2) is 0 Å². The highest BCUT2D eigenvalue weighted by molar-refractivity contribution is 9.28. The molecular formula is C22H25Br3O3. The van der Waals surface area contributed by atoms with E-state index in [0.717, 1.165) is 37.1 Å². The van der Waals surface area contributed by atoms with Crippen LogP contribution in [0, 0.1) is 0 Å². The summed E-state index contributed by atoms with van der Waals surface area (Å²) in [5.74, 6) is 2.44. The fraction of sp³-hybridized carbons (Fsp3) is 0.364. The van der Waals surface area contributed by atoms with Crippen LogP contribution in [0.1, 0.15) is 39.7 Å². The van der Waals surface area contributed by atoms with E-state index in [1.807, 2.05) is 56.3 Å². The SMILES string of the molecule is CCC(C)(Oc1ccc(OC(C)C)cc1)c1ccc(OCC=C(Br)Br)c(Br)c1. The van der Waals surface area contributed by atoms with Gasteiger partial charge in [-0.25, -0.2) is 0 Å². The lowest BCUT2D eigenvalue weighted by Crippen LogP contribution is -2.28. The van der Waals surface area contributed by atoms with Crippen molar-refractivity contribution in [2.75, 3.05) is 6.61 Å². The number of rotatable bonds is 9. The van der Waals surface area contributed by atoms with Crippen LogP contribution in [-0.4, -0.2) is 12.7 Å². The first-order valence-corrected chi connectivity index (χ1v) is 11.5. The quantitative estimate of drug-likeness (QED) is 0.303. The van der Waals surface area contributed by atoms with Crippen LogP contribution in [0.4, 0.5) is 0 Å². The van der Waals surface area contributed by atoms with Crippen molar-refractivity contribution in [1.29, 1.82) is 0 Å². The Labute approximate surface area is 192 Å². The van der Waals surface area contributed by atoms with Crippen molar-refractivity contribution in [2.24, 2.45) is 0 Å². The summed E-state index contributed by atoms with van der Waals surface area (Å²) in [5, 5.41) is 0. The third kappa shape index (κ3) is 6.82. The van der Waals surface area contributed by atoms with E-state index in [1.54, 1.807) is 0 Å². The summed E-state index contributed by atoms with van der Waals surface area (Å²) in [6, 6.07) is 13.8. The van der Waals surface area contributed by atoms with E-state index in [2.05, 4.69) is 67.7 Å². The van der Waals surface area contributed by atoms with Gasteiger partial charge in [0.05, 0.1) is 14.0 Å². The molecule has 0 fully saturated rings. The van der Waals surface area contributed by atoms with Crippen molar-refractivity contribution in [2.45, 2.75) is 45.8 Å². The molecule has 0 saturated heterocycles. The maximum atomic E-state index is 6.37. The van der Waals surface area contributed by atoms with Crippen LogP contribution in [0.5, 0.6) is 17.2 Å². The Morgan fingerprint density at radius 3 is 2.25 bits per heavy atom. The lowest BCUT2D eigenvalue weighted by molar-refractivity contribution is 0.0823. The van der Waals surface area contributed by atoms with Crippen molar-refractivity contribution in [3.63, 3.8) is 0 Å². The second kappa shape index (κ2) is 10.7. The van der Waals surface area contributed by atoms with Crippen molar-refractivity contribution in [3.05, 3.63) is 62.0 Å². The Balaban J connectivity index is 2.15. The van der Waals surface area contributed by atoms with Crippen LogP contribution in [0.15, 0.2) is 56.4 Å². The highest BCUT2D eigenvalue weighted by Gasteiger charge is 2.27. The van der Waals surface area contributed by atoms with Gasteiger partial charge in [-0.3, -0.25) is 0 Å². The molecule has 0 N–H and O–H groups in total. The average molecular weight is 577 g/mol. The molecule has 28 heavy (non-hydrogen) atoms. The first-order valence-electron chi connectivity index (χ1n) is 9.13. The van der Waals surface area contributed by atoms with Gasteiger partial charge in [0, 0.05) is 0 Å². The van der Waals surface area contributed by atoms with E-state index in [-0.39, 0.29) is 6.10 Å². The Morgan fingerprint density at radius 1 is 1.07 bits per heavy atom. The second-order valence-electron chi connectivity index (χ2n) is 6.77. The third-order valence-corrected chi connectivity index (χ3v) is 5.50. The van der Waals surface area contributed by atoms with Gasteiger partial charge in [-0.2, -0.15) is 0 Å². The van der Waals surface area contributed by atoms with Crippen molar-refractivity contribution < 1.29 is 14.2 Å². The zero-order valence-corrected chi connectivity index (χ0v) is 21.2. The first-order chi connectivity index (χ1) is 13.2. The minimum absolute atomic E-state index is 0.150. The van der Waals surface area contributed by atoms with Crippen LogP contribution < -0.4 is 14.2 Å². The smallest absolute Gasteiger partial charge is 0.133 e. The molecule has 0 aliphatic heterocycles. The molecule has 0 aromatic heterocycles. The topological polar surface area (TPSA) is 27.7 Å². The monoisotopic (exact) mass is 574 g/mol. The normalized spacial score (nSPS) is 13.0. The van der Waals surface area contributed by atoms with Crippen molar-refractivity contribution in [3.8, 4) is 17.2 Å². The molecule has 0 bridgehead atoms. The first kappa shape index (κ1) is 23.3. The molecule has 152 valence electrons. The van der Waals surface area contributed by atoms with E-state index in [4.69, 9.17) is 14.2 Å². The Morgan fingerprint density at radius 2 is 1.71 bits per heavy atom. The number of halogens is 3. The molecule has 0 saturated carbocycles. The fourth-order valence-corrected chi connectivity index (χ4v) is 3.35. The van der Waals surface area contributed by atoms with Gasteiger partial charge in [-0.15, -0.1) is 0 Å².